The van der Waals surface area contributed by atoms with Gasteiger partial charge in [0.25, 0.3) is 0 Å². The fourth-order valence-electron chi connectivity index (χ4n) is 1.18. The second-order valence-corrected chi connectivity index (χ2v) is 4.27. The highest BCUT2D eigenvalue weighted by atomic mass is 32.2. The number of nitrogens with one attached hydrogen (secondary N) is 1. The summed E-state index contributed by atoms with van der Waals surface area (Å²) in [6.45, 7) is 2.10. The predicted molar refractivity (Wildman–Crippen MR) is 63.9 cm³/mol. The molecule has 0 aliphatic rings. The van der Waals surface area contributed by atoms with E-state index in [0.29, 0.717) is 11.8 Å². The van der Waals surface area contributed by atoms with Crippen LogP contribution < -0.4 is 11.1 Å². The molecule has 1 rings (SSSR count). The molecule has 0 fully saturated rings. The summed E-state index contributed by atoms with van der Waals surface area (Å²) in [4.78, 5) is 8.07. The molecule has 1 heterocycles. The predicted octanol–water partition coefficient (Wildman–Crippen LogP) is 0.583. The van der Waals surface area contributed by atoms with Gasteiger partial charge >= 0.3 is 0 Å². The van der Waals surface area contributed by atoms with E-state index in [1.54, 1.807) is 24.0 Å². The molecule has 2 atom stereocenters. The Morgan fingerprint density at radius 3 is 2.93 bits per heavy atom. The molecule has 2 unspecified atom stereocenters. The lowest BCUT2D eigenvalue weighted by Gasteiger charge is -2.21. The van der Waals surface area contributed by atoms with Crippen molar-refractivity contribution < 1.29 is 5.11 Å². The minimum atomic E-state index is 0.0896. The van der Waals surface area contributed by atoms with Gasteiger partial charge in [0.05, 0.1) is 6.61 Å². The molecule has 15 heavy (non-hydrogen) atoms. The second kappa shape index (κ2) is 5.77. The first-order chi connectivity index (χ1) is 7.17. The van der Waals surface area contributed by atoms with E-state index in [2.05, 4.69) is 15.3 Å². The molecule has 0 radical (unpaired) electrons. The Morgan fingerprint density at radius 1 is 1.67 bits per heavy atom. The number of thioether (sulfide) groups is 1. The normalized spacial score (nSPS) is 14.6. The summed E-state index contributed by atoms with van der Waals surface area (Å²) in [7, 11) is 0. The highest BCUT2D eigenvalue weighted by molar-refractivity contribution is 7.99. The highest BCUT2D eigenvalue weighted by Gasteiger charge is 2.15. The van der Waals surface area contributed by atoms with E-state index in [-0.39, 0.29) is 17.9 Å². The molecule has 1 aromatic rings. The molecule has 0 spiro atoms. The standard InChI is InChI=1S/C9H16N4OS/c1-6(7(5-14)15-2)12-9-11-4-3-8(10)13-9/h3-4,6-7,14H,5H2,1-2H3,(H3,10,11,12,13). The van der Waals surface area contributed by atoms with Crippen molar-refractivity contribution in [3.05, 3.63) is 12.3 Å². The minimum absolute atomic E-state index is 0.0896. The number of nitrogen functional groups attached to an aromatic ring is 1. The summed E-state index contributed by atoms with van der Waals surface area (Å²) in [6.07, 6.45) is 3.56. The van der Waals surface area contributed by atoms with Gasteiger partial charge in [0, 0.05) is 17.5 Å². The van der Waals surface area contributed by atoms with Crippen molar-refractivity contribution in [2.75, 3.05) is 23.9 Å². The number of aliphatic hydroxyl groups is 1. The minimum Gasteiger partial charge on any atom is -0.395 e. The van der Waals surface area contributed by atoms with Crippen LogP contribution in [0.4, 0.5) is 11.8 Å². The first-order valence-electron chi connectivity index (χ1n) is 4.66. The summed E-state index contributed by atoms with van der Waals surface area (Å²) < 4.78 is 0. The number of hydrogen-bond acceptors (Lipinski definition) is 6. The van der Waals surface area contributed by atoms with E-state index >= 15 is 0 Å². The maximum absolute atomic E-state index is 9.10. The highest BCUT2D eigenvalue weighted by Crippen LogP contribution is 2.13. The van der Waals surface area contributed by atoms with Crippen LogP contribution in [0.5, 0.6) is 0 Å². The SMILES string of the molecule is CSC(CO)C(C)Nc1nccc(N)n1. The van der Waals surface area contributed by atoms with Gasteiger partial charge in [0.15, 0.2) is 0 Å². The van der Waals surface area contributed by atoms with Gasteiger partial charge in [-0.2, -0.15) is 16.7 Å². The first kappa shape index (κ1) is 12.1. The molecule has 84 valence electrons. The van der Waals surface area contributed by atoms with Gasteiger partial charge in [0.1, 0.15) is 5.82 Å². The number of aromatic nitrogens is 2. The smallest absolute Gasteiger partial charge is 0.224 e. The molecule has 4 N–H and O–H groups in total. The lowest BCUT2D eigenvalue weighted by molar-refractivity contribution is 0.288. The summed E-state index contributed by atoms with van der Waals surface area (Å²) in [5, 5.41) is 12.3. The molecule has 0 aliphatic carbocycles. The maximum Gasteiger partial charge on any atom is 0.224 e. The van der Waals surface area contributed by atoms with E-state index in [4.69, 9.17) is 10.8 Å². The van der Waals surface area contributed by atoms with E-state index in [1.165, 1.54) is 0 Å². The molecule has 0 saturated heterocycles. The Morgan fingerprint density at radius 2 is 2.40 bits per heavy atom. The van der Waals surface area contributed by atoms with Crippen molar-refractivity contribution in [2.24, 2.45) is 0 Å². The van der Waals surface area contributed by atoms with Crippen LogP contribution in [0, 0.1) is 0 Å². The number of aliphatic hydroxyl groups excluding tert-OH is 1. The van der Waals surface area contributed by atoms with Crippen LogP contribution in [0.25, 0.3) is 0 Å². The Balaban J connectivity index is 2.61. The first-order valence-corrected chi connectivity index (χ1v) is 5.95. The average Bonchev–Trinajstić information content (AvgIpc) is 2.19. The number of anilines is 2. The number of nitrogens with two attached hydrogens (primary N) is 1. The van der Waals surface area contributed by atoms with Gasteiger partial charge in [-0.05, 0) is 19.2 Å². The van der Waals surface area contributed by atoms with Crippen molar-refractivity contribution in [1.29, 1.82) is 0 Å². The topological polar surface area (TPSA) is 84.1 Å². The second-order valence-electron chi connectivity index (χ2n) is 3.19. The van der Waals surface area contributed by atoms with Gasteiger partial charge < -0.3 is 16.2 Å². The van der Waals surface area contributed by atoms with Crippen LogP contribution in [0.3, 0.4) is 0 Å². The van der Waals surface area contributed by atoms with Gasteiger partial charge in [0.2, 0.25) is 5.95 Å². The molecular formula is C9H16N4OS. The van der Waals surface area contributed by atoms with Crippen LogP contribution in [-0.2, 0) is 0 Å². The van der Waals surface area contributed by atoms with Crippen molar-refractivity contribution in [3.8, 4) is 0 Å². The van der Waals surface area contributed by atoms with Crippen molar-refractivity contribution in [1.82, 2.24) is 9.97 Å². The lowest BCUT2D eigenvalue weighted by atomic mass is 10.2. The molecule has 0 aliphatic heterocycles. The van der Waals surface area contributed by atoms with Crippen LogP contribution in [0.15, 0.2) is 12.3 Å². The van der Waals surface area contributed by atoms with E-state index in [9.17, 15) is 0 Å². The molecule has 1 aromatic heterocycles. The summed E-state index contributed by atoms with van der Waals surface area (Å²) in [5.41, 5.74) is 5.53. The summed E-state index contributed by atoms with van der Waals surface area (Å²) in [5.74, 6) is 0.930. The van der Waals surface area contributed by atoms with Crippen molar-refractivity contribution in [2.45, 2.75) is 18.2 Å². The fourth-order valence-corrected chi connectivity index (χ4v) is 1.80. The Hall–Kier alpha value is -1.01. The van der Waals surface area contributed by atoms with Crippen molar-refractivity contribution in [3.63, 3.8) is 0 Å². The van der Waals surface area contributed by atoms with Gasteiger partial charge in [-0.3, -0.25) is 0 Å². The third kappa shape index (κ3) is 3.56. The molecular weight excluding hydrogens is 212 g/mol. The molecule has 0 amide bonds. The van der Waals surface area contributed by atoms with Crippen molar-refractivity contribution >= 4 is 23.5 Å². The third-order valence-electron chi connectivity index (χ3n) is 2.07. The Bertz CT molecular complexity index is 306. The fraction of sp³-hybridized carbons (Fsp3) is 0.556. The average molecular weight is 228 g/mol. The van der Waals surface area contributed by atoms with E-state index in [1.807, 2.05) is 13.2 Å². The molecule has 0 aromatic carbocycles. The van der Waals surface area contributed by atoms with Crippen LogP contribution in [0.2, 0.25) is 0 Å². The summed E-state index contributed by atoms with van der Waals surface area (Å²) >= 11 is 1.60. The van der Waals surface area contributed by atoms with Crippen LogP contribution in [0.1, 0.15) is 6.92 Å². The van der Waals surface area contributed by atoms with Gasteiger partial charge in [-0.1, -0.05) is 0 Å². The third-order valence-corrected chi connectivity index (χ3v) is 3.24. The summed E-state index contributed by atoms with van der Waals surface area (Å²) in [6, 6.07) is 1.72. The molecule has 5 nitrogen and oxygen atoms in total. The number of nitrogens with zero attached hydrogens (tertiary/aromatic N) is 2. The molecule has 0 saturated carbocycles. The van der Waals surface area contributed by atoms with E-state index in [0.717, 1.165) is 0 Å². The zero-order chi connectivity index (χ0) is 11.3. The lowest BCUT2D eigenvalue weighted by Crippen LogP contribution is -2.31. The van der Waals surface area contributed by atoms with Gasteiger partial charge in [-0.25, -0.2) is 4.98 Å². The Kier molecular flexibility index (Phi) is 4.64. The molecule has 6 heteroatoms. The Labute approximate surface area is 93.5 Å². The van der Waals surface area contributed by atoms with Gasteiger partial charge in [-0.15, -0.1) is 0 Å². The number of rotatable bonds is 5. The quantitative estimate of drug-likeness (QED) is 0.684. The zero-order valence-corrected chi connectivity index (χ0v) is 9.66. The van der Waals surface area contributed by atoms with E-state index < -0.39 is 0 Å². The molecule has 0 bridgehead atoms. The largest absolute Gasteiger partial charge is 0.395 e. The monoisotopic (exact) mass is 228 g/mol. The number of hydrogen-bond donors (Lipinski definition) is 3. The zero-order valence-electron chi connectivity index (χ0n) is 8.84. The maximum atomic E-state index is 9.10. The van der Waals surface area contributed by atoms with Crippen LogP contribution >= 0.6 is 11.8 Å². The van der Waals surface area contributed by atoms with Crippen LogP contribution in [-0.4, -0.2) is 39.2 Å².